The van der Waals surface area contributed by atoms with Gasteiger partial charge < -0.3 is 9.84 Å². The predicted octanol–water partition coefficient (Wildman–Crippen LogP) is 4.09. The molecule has 0 saturated carbocycles. The van der Waals surface area contributed by atoms with E-state index in [-0.39, 0.29) is 23.8 Å². The number of methoxy groups -OCH3 is 1. The van der Waals surface area contributed by atoms with E-state index in [2.05, 4.69) is 0 Å². The molecule has 0 fully saturated rings. The zero-order valence-corrected chi connectivity index (χ0v) is 15.0. The minimum atomic E-state index is -0.600. The first kappa shape index (κ1) is 17.9. The van der Waals surface area contributed by atoms with Crippen molar-refractivity contribution in [3.05, 3.63) is 59.4 Å². The Balaban J connectivity index is 2.17. The highest BCUT2D eigenvalue weighted by molar-refractivity contribution is 7.23. The highest BCUT2D eigenvalue weighted by Gasteiger charge is 2.26. The molecule has 0 aliphatic rings. The summed E-state index contributed by atoms with van der Waals surface area (Å²) in [5.74, 6) is -1.33. The summed E-state index contributed by atoms with van der Waals surface area (Å²) in [5.41, 5.74) is 0.554. The second-order valence-corrected chi connectivity index (χ2v) is 6.68. The monoisotopic (exact) mass is 373 g/mol. The Morgan fingerprint density at radius 3 is 2.62 bits per heavy atom. The molecule has 0 unspecified atom stereocenters. The van der Waals surface area contributed by atoms with Crippen LogP contribution in [0.25, 0.3) is 10.1 Å². The average molecular weight is 373 g/mol. The molecule has 1 heterocycles. The van der Waals surface area contributed by atoms with Crippen molar-refractivity contribution in [1.82, 2.24) is 0 Å². The van der Waals surface area contributed by atoms with Gasteiger partial charge in [0.05, 0.1) is 13.7 Å². The first-order chi connectivity index (χ1) is 12.4. The van der Waals surface area contributed by atoms with Crippen molar-refractivity contribution in [2.24, 2.45) is 0 Å². The second kappa shape index (κ2) is 7.13. The summed E-state index contributed by atoms with van der Waals surface area (Å²) < 4.78 is 19.5. The van der Waals surface area contributed by atoms with Crippen LogP contribution >= 0.6 is 11.3 Å². The molecule has 3 aromatic rings. The minimum Gasteiger partial charge on any atom is -0.508 e. The van der Waals surface area contributed by atoms with Gasteiger partial charge in [-0.2, -0.15) is 0 Å². The van der Waals surface area contributed by atoms with Gasteiger partial charge in [-0.15, -0.1) is 11.3 Å². The number of benzene rings is 2. The maximum Gasteiger partial charge on any atom is 0.341 e. The third-order valence-corrected chi connectivity index (χ3v) is 5.13. The lowest BCUT2D eigenvalue weighted by Crippen LogP contribution is -2.29. The van der Waals surface area contributed by atoms with Crippen LogP contribution in [0.15, 0.2) is 42.5 Å². The number of esters is 1. The summed E-state index contributed by atoms with van der Waals surface area (Å²) in [6.45, 7) is 1.33. The zero-order chi connectivity index (χ0) is 18.8. The van der Waals surface area contributed by atoms with Crippen molar-refractivity contribution in [1.29, 1.82) is 0 Å². The van der Waals surface area contributed by atoms with Crippen molar-refractivity contribution in [2.75, 3.05) is 12.0 Å². The highest BCUT2D eigenvalue weighted by Crippen LogP contribution is 2.40. The van der Waals surface area contributed by atoms with E-state index >= 15 is 0 Å². The lowest BCUT2D eigenvalue weighted by Gasteiger charge is -2.21. The Bertz CT molecular complexity index is 998. The van der Waals surface area contributed by atoms with Crippen molar-refractivity contribution >= 4 is 38.3 Å². The molecule has 1 aromatic heterocycles. The Morgan fingerprint density at radius 2 is 1.96 bits per heavy atom. The molecular formula is C19H16FNO4S. The van der Waals surface area contributed by atoms with Crippen LogP contribution < -0.4 is 4.90 Å². The van der Waals surface area contributed by atoms with Gasteiger partial charge in [-0.1, -0.05) is 18.2 Å². The van der Waals surface area contributed by atoms with Crippen LogP contribution in [0.4, 0.5) is 9.39 Å². The van der Waals surface area contributed by atoms with E-state index in [9.17, 15) is 19.1 Å². The second-order valence-electron chi connectivity index (χ2n) is 5.65. The van der Waals surface area contributed by atoms with Crippen molar-refractivity contribution < 1.29 is 23.8 Å². The van der Waals surface area contributed by atoms with Gasteiger partial charge in [-0.25, -0.2) is 9.18 Å². The SMILES string of the molecule is COC(=O)c1c(N(Cc2ccccc2F)C(C)=O)sc2cc(O)ccc12. The first-order valence-electron chi connectivity index (χ1n) is 7.77. The number of fused-ring (bicyclic) bond motifs is 1. The van der Waals surface area contributed by atoms with Gasteiger partial charge in [0.2, 0.25) is 5.91 Å². The summed E-state index contributed by atoms with van der Waals surface area (Å²) >= 11 is 1.17. The number of aromatic hydroxyl groups is 1. The maximum absolute atomic E-state index is 14.1. The molecule has 0 spiro atoms. The third-order valence-electron chi connectivity index (χ3n) is 3.96. The van der Waals surface area contributed by atoms with Crippen molar-refractivity contribution in [3.8, 4) is 5.75 Å². The number of halogens is 1. The quantitative estimate of drug-likeness (QED) is 0.700. The topological polar surface area (TPSA) is 66.8 Å². The summed E-state index contributed by atoms with van der Waals surface area (Å²) in [6.07, 6.45) is 0. The molecule has 5 nitrogen and oxygen atoms in total. The molecule has 0 radical (unpaired) electrons. The van der Waals surface area contributed by atoms with Crippen LogP contribution in [0.2, 0.25) is 0 Å². The number of phenolic OH excluding ortho intramolecular Hbond substituents is 1. The summed E-state index contributed by atoms with van der Waals surface area (Å²) in [6, 6.07) is 10.7. The van der Waals surface area contributed by atoms with E-state index in [0.29, 0.717) is 20.7 Å². The molecule has 1 N–H and O–H groups in total. The third kappa shape index (κ3) is 3.25. The molecule has 0 bridgehead atoms. The highest BCUT2D eigenvalue weighted by atomic mass is 32.1. The van der Waals surface area contributed by atoms with Crippen LogP contribution in [0, 0.1) is 5.82 Å². The maximum atomic E-state index is 14.1. The average Bonchev–Trinajstić information content (AvgIpc) is 2.98. The fourth-order valence-corrected chi connectivity index (χ4v) is 3.95. The smallest absolute Gasteiger partial charge is 0.341 e. The summed E-state index contributed by atoms with van der Waals surface area (Å²) in [5, 5.41) is 10.6. The molecule has 26 heavy (non-hydrogen) atoms. The van der Waals surface area contributed by atoms with Gasteiger partial charge in [0, 0.05) is 22.6 Å². The Hall–Kier alpha value is -2.93. The first-order valence-corrected chi connectivity index (χ1v) is 8.59. The molecule has 0 saturated heterocycles. The number of thiophene rings is 1. The van der Waals surface area contributed by atoms with Gasteiger partial charge in [0.15, 0.2) is 0 Å². The molecule has 0 aliphatic heterocycles. The van der Waals surface area contributed by atoms with E-state index in [0.717, 1.165) is 0 Å². The molecular weight excluding hydrogens is 357 g/mol. The molecule has 1 amide bonds. The molecule has 134 valence electrons. The zero-order valence-electron chi connectivity index (χ0n) is 14.2. The Morgan fingerprint density at radius 1 is 1.23 bits per heavy atom. The lowest BCUT2D eigenvalue weighted by atomic mass is 10.1. The van der Waals surface area contributed by atoms with E-state index in [1.54, 1.807) is 24.3 Å². The normalized spacial score (nSPS) is 10.7. The Kier molecular flexibility index (Phi) is 4.90. The van der Waals surface area contributed by atoms with E-state index in [1.165, 1.54) is 48.5 Å². The van der Waals surface area contributed by atoms with Crippen molar-refractivity contribution in [2.45, 2.75) is 13.5 Å². The fourth-order valence-electron chi connectivity index (χ4n) is 2.68. The molecule has 7 heteroatoms. The van der Waals surface area contributed by atoms with E-state index in [1.807, 2.05) is 0 Å². The van der Waals surface area contributed by atoms with Crippen molar-refractivity contribution in [3.63, 3.8) is 0 Å². The number of hydrogen-bond donors (Lipinski definition) is 1. The predicted molar refractivity (Wildman–Crippen MR) is 98.1 cm³/mol. The van der Waals surface area contributed by atoms with Gasteiger partial charge in [-0.3, -0.25) is 9.69 Å². The summed E-state index contributed by atoms with van der Waals surface area (Å²) in [4.78, 5) is 26.0. The standard InChI is InChI=1S/C19H16FNO4S/c1-11(22)21(10-12-5-3-4-6-15(12)20)18-17(19(24)25-2)14-8-7-13(23)9-16(14)26-18/h3-9,23H,10H2,1-2H3. The minimum absolute atomic E-state index is 0.0230. The van der Waals surface area contributed by atoms with Gasteiger partial charge in [-0.05, 0) is 24.3 Å². The van der Waals surface area contributed by atoms with Crippen LogP contribution in [-0.4, -0.2) is 24.1 Å². The Labute approximate surface area is 153 Å². The number of amides is 1. The van der Waals surface area contributed by atoms with Crippen LogP contribution in [-0.2, 0) is 16.1 Å². The summed E-state index contributed by atoms with van der Waals surface area (Å²) in [7, 11) is 1.25. The molecule has 0 atom stereocenters. The van der Waals surface area contributed by atoms with E-state index < -0.39 is 11.8 Å². The molecule has 0 aliphatic carbocycles. The number of anilines is 1. The van der Waals surface area contributed by atoms with Crippen LogP contribution in [0.3, 0.4) is 0 Å². The number of ether oxygens (including phenoxy) is 1. The van der Waals surface area contributed by atoms with E-state index in [4.69, 9.17) is 4.74 Å². The fraction of sp³-hybridized carbons (Fsp3) is 0.158. The largest absolute Gasteiger partial charge is 0.508 e. The molecule has 3 rings (SSSR count). The molecule has 2 aromatic carbocycles. The number of rotatable bonds is 4. The lowest BCUT2D eigenvalue weighted by molar-refractivity contribution is -0.116. The van der Waals surface area contributed by atoms with Gasteiger partial charge in [0.1, 0.15) is 22.1 Å². The number of carbonyl (C=O) groups is 2. The van der Waals surface area contributed by atoms with Gasteiger partial charge >= 0.3 is 5.97 Å². The van der Waals surface area contributed by atoms with Crippen LogP contribution in [0.5, 0.6) is 5.75 Å². The number of carbonyl (C=O) groups excluding carboxylic acids is 2. The van der Waals surface area contributed by atoms with Gasteiger partial charge in [0.25, 0.3) is 0 Å². The van der Waals surface area contributed by atoms with Crippen LogP contribution in [0.1, 0.15) is 22.8 Å². The number of hydrogen-bond acceptors (Lipinski definition) is 5. The number of phenols is 1. The number of nitrogens with zero attached hydrogens (tertiary/aromatic N) is 1.